The van der Waals surface area contributed by atoms with E-state index in [2.05, 4.69) is 21.1 Å². The van der Waals surface area contributed by atoms with E-state index in [1.165, 1.54) is 5.56 Å². The Morgan fingerprint density at radius 1 is 1.26 bits per heavy atom. The van der Waals surface area contributed by atoms with Gasteiger partial charge in [-0.2, -0.15) is 0 Å². The first-order chi connectivity index (χ1) is 13.3. The van der Waals surface area contributed by atoms with Crippen LogP contribution in [0.4, 0.5) is 0 Å². The third-order valence-corrected chi connectivity index (χ3v) is 5.82. The molecule has 0 aromatic carbocycles. The second kappa shape index (κ2) is 7.05. The number of carbonyl (C=O) groups excluding carboxylic acids is 1. The Labute approximate surface area is 158 Å². The van der Waals surface area contributed by atoms with Crippen molar-refractivity contribution in [3.05, 3.63) is 47.6 Å². The van der Waals surface area contributed by atoms with Crippen LogP contribution in [0.3, 0.4) is 0 Å². The number of carbonyl (C=O) groups is 1. The van der Waals surface area contributed by atoms with E-state index in [4.69, 9.17) is 9.26 Å². The van der Waals surface area contributed by atoms with Crippen molar-refractivity contribution >= 4 is 5.91 Å². The highest BCUT2D eigenvalue weighted by atomic mass is 16.5. The number of morpholine rings is 1. The minimum atomic E-state index is -0.0315. The Bertz CT molecular complexity index is 805. The number of ether oxygens (including phenoxy) is 1. The van der Waals surface area contributed by atoms with Gasteiger partial charge in [0.2, 0.25) is 0 Å². The number of fused-ring (bicyclic) bond motifs is 1. The molecule has 0 spiro atoms. The van der Waals surface area contributed by atoms with Crippen LogP contribution in [0, 0.1) is 0 Å². The highest BCUT2D eigenvalue weighted by Crippen LogP contribution is 2.40. The summed E-state index contributed by atoms with van der Waals surface area (Å²) in [5, 5.41) is 4.02. The average Bonchev–Trinajstić information content (AvgIpc) is 3.45. The van der Waals surface area contributed by atoms with Gasteiger partial charge >= 0.3 is 0 Å². The Morgan fingerprint density at radius 2 is 2.19 bits per heavy atom. The van der Waals surface area contributed by atoms with E-state index in [0.29, 0.717) is 24.7 Å². The molecule has 2 atom stereocenters. The van der Waals surface area contributed by atoms with Crippen LogP contribution < -0.4 is 0 Å². The van der Waals surface area contributed by atoms with Crippen LogP contribution in [-0.4, -0.2) is 64.2 Å². The maximum Gasteiger partial charge on any atom is 0.276 e. The summed E-state index contributed by atoms with van der Waals surface area (Å²) in [5.41, 5.74) is 1.62. The molecule has 3 aliphatic rings. The molecule has 7 heteroatoms. The lowest BCUT2D eigenvalue weighted by Gasteiger charge is -2.47. The van der Waals surface area contributed by atoms with Gasteiger partial charge in [0, 0.05) is 50.6 Å². The number of nitrogens with zero attached hydrogens (tertiary/aromatic N) is 4. The van der Waals surface area contributed by atoms with Crippen LogP contribution in [0.5, 0.6) is 0 Å². The first-order valence-corrected chi connectivity index (χ1v) is 9.78. The van der Waals surface area contributed by atoms with Crippen LogP contribution in [0.1, 0.15) is 47.0 Å². The van der Waals surface area contributed by atoms with Crippen molar-refractivity contribution < 1.29 is 14.1 Å². The minimum absolute atomic E-state index is 0.0315. The van der Waals surface area contributed by atoms with Crippen molar-refractivity contribution in [1.82, 2.24) is 19.9 Å². The van der Waals surface area contributed by atoms with E-state index in [-0.39, 0.29) is 18.1 Å². The van der Waals surface area contributed by atoms with Crippen LogP contribution >= 0.6 is 0 Å². The summed E-state index contributed by atoms with van der Waals surface area (Å²) in [7, 11) is 0. The van der Waals surface area contributed by atoms with E-state index in [1.54, 1.807) is 6.20 Å². The number of rotatable bonds is 4. The van der Waals surface area contributed by atoms with Gasteiger partial charge in [-0.05, 0) is 30.9 Å². The molecule has 0 radical (unpaired) electrons. The van der Waals surface area contributed by atoms with Gasteiger partial charge in [0.25, 0.3) is 5.91 Å². The first-order valence-electron chi connectivity index (χ1n) is 9.78. The molecule has 3 fully saturated rings. The minimum Gasteiger partial charge on any atom is -0.375 e. The number of aromatic nitrogens is 2. The number of likely N-dealkylation sites (tertiary alicyclic amines) is 1. The van der Waals surface area contributed by atoms with E-state index in [0.717, 1.165) is 44.7 Å². The van der Waals surface area contributed by atoms with E-state index in [9.17, 15) is 4.79 Å². The number of hydrogen-bond donors (Lipinski definition) is 0. The fraction of sp³-hybridized carbons (Fsp3) is 0.550. The quantitative estimate of drug-likeness (QED) is 0.823. The van der Waals surface area contributed by atoms with Crippen molar-refractivity contribution in [1.29, 1.82) is 0 Å². The molecule has 2 saturated heterocycles. The predicted octanol–water partition coefficient (Wildman–Crippen LogP) is 2.06. The molecular weight excluding hydrogens is 344 g/mol. The van der Waals surface area contributed by atoms with Gasteiger partial charge < -0.3 is 14.2 Å². The van der Waals surface area contributed by atoms with Gasteiger partial charge in [0.15, 0.2) is 5.69 Å². The Balaban J connectivity index is 1.29. The molecule has 1 saturated carbocycles. The summed E-state index contributed by atoms with van der Waals surface area (Å²) in [4.78, 5) is 21.5. The van der Waals surface area contributed by atoms with Gasteiger partial charge in [-0.15, -0.1) is 0 Å². The van der Waals surface area contributed by atoms with Crippen molar-refractivity contribution in [2.24, 2.45) is 0 Å². The van der Waals surface area contributed by atoms with Crippen molar-refractivity contribution in [3.63, 3.8) is 0 Å². The molecule has 5 rings (SSSR count). The summed E-state index contributed by atoms with van der Waals surface area (Å²) in [6, 6.07) is 6.09. The lowest BCUT2D eigenvalue weighted by molar-refractivity contribution is -0.101. The smallest absolute Gasteiger partial charge is 0.276 e. The average molecular weight is 368 g/mol. The van der Waals surface area contributed by atoms with Gasteiger partial charge in [-0.1, -0.05) is 11.2 Å². The largest absolute Gasteiger partial charge is 0.375 e. The number of hydrogen-bond acceptors (Lipinski definition) is 6. The summed E-state index contributed by atoms with van der Waals surface area (Å²) >= 11 is 0. The predicted molar refractivity (Wildman–Crippen MR) is 97.2 cm³/mol. The molecule has 1 aliphatic carbocycles. The molecule has 142 valence electrons. The molecule has 2 aromatic rings. The van der Waals surface area contributed by atoms with E-state index >= 15 is 0 Å². The Kier molecular flexibility index (Phi) is 4.41. The molecule has 7 nitrogen and oxygen atoms in total. The van der Waals surface area contributed by atoms with Crippen LogP contribution in [0.2, 0.25) is 0 Å². The lowest BCUT2D eigenvalue weighted by atomic mass is 9.97. The fourth-order valence-corrected chi connectivity index (χ4v) is 4.16. The first kappa shape index (κ1) is 16.9. The molecule has 2 aliphatic heterocycles. The lowest BCUT2D eigenvalue weighted by Crippen LogP contribution is -2.60. The molecule has 0 N–H and O–H groups in total. The molecule has 4 heterocycles. The third-order valence-electron chi connectivity index (χ3n) is 5.82. The second-order valence-electron chi connectivity index (χ2n) is 7.74. The van der Waals surface area contributed by atoms with Crippen molar-refractivity contribution in [2.45, 2.75) is 43.9 Å². The number of pyridine rings is 1. The Morgan fingerprint density at radius 3 is 3.00 bits per heavy atom. The second-order valence-corrected chi connectivity index (χ2v) is 7.74. The summed E-state index contributed by atoms with van der Waals surface area (Å²) in [6.45, 7) is 3.80. The third kappa shape index (κ3) is 3.49. The molecular formula is C20H24N4O3. The molecule has 0 unspecified atom stereocenters. The number of amides is 1. The molecule has 27 heavy (non-hydrogen) atoms. The van der Waals surface area contributed by atoms with E-state index < -0.39 is 0 Å². The molecule has 0 bridgehead atoms. The van der Waals surface area contributed by atoms with Gasteiger partial charge in [0.05, 0.1) is 18.8 Å². The maximum atomic E-state index is 12.9. The summed E-state index contributed by atoms with van der Waals surface area (Å²) < 4.78 is 11.4. The van der Waals surface area contributed by atoms with E-state index in [1.807, 2.05) is 23.2 Å². The van der Waals surface area contributed by atoms with Crippen LogP contribution in [-0.2, 0) is 11.3 Å². The maximum absolute atomic E-state index is 12.9. The zero-order valence-corrected chi connectivity index (χ0v) is 15.3. The topological polar surface area (TPSA) is 71.7 Å². The monoisotopic (exact) mass is 368 g/mol. The fourth-order valence-electron chi connectivity index (χ4n) is 4.16. The van der Waals surface area contributed by atoms with Crippen molar-refractivity contribution in [3.8, 4) is 0 Å². The normalized spacial score (nSPS) is 26.0. The standard InChI is InChI=1S/C20H24N4O3/c25-20(16-10-19(27-22-16)15-3-4-15)24-7-5-18-17(13-24)23(8-9-26-18)12-14-2-1-6-21-11-14/h1-2,6,10-11,15,17-18H,3-5,7-9,12-13H2/t17-,18-/m0/s1. The van der Waals surface area contributed by atoms with Gasteiger partial charge in [-0.3, -0.25) is 14.7 Å². The molecule has 1 amide bonds. The van der Waals surface area contributed by atoms with Gasteiger partial charge in [0.1, 0.15) is 5.76 Å². The van der Waals surface area contributed by atoms with Gasteiger partial charge in [-0.25, -0.2) is 0 Å². The summed E-state index contributed by atoms with van der Waals surface area (Å²) in [6.07, 6.45) is 7.01. The highest BCUT2D eigenvalue weighted by molar-refractivity contribution is 5.92. The Hall–Kier alpha value is -2.25. The van der Waals surface area contributed by atoms with Crippen molar-refractivity contribution in [2.75, 3.05) is 26.2 Å². The highest BCUT2D eigenvalue weighted by Gasteiger charge is 2.39. The number of piperidine rings is 1. The van der Waals surface area contributed by atoms with Crippen LogP contribution in [0.15, 0.2) is 35.1 Å². The zero-order valence-electron chi connectivity index (χ0n) is 15.3. The SMILES string of the molecule is O=C(c1cc(C2CC2)on1)N1CC[C@@H]2OCCN(Cc3cccnc3)[C@H]2C1. The zero-order chi connectivity index (χ0) is 18.2. The molecule has 2 aromatic heterocycles. The van der Waals surface area contributed by atoms with Crippen LogP contribution in [0.25, 0.3) is 0 Å². The summed E-state index contributed by atoms with van der Waals surface area (Å²) in [5.74, 6) is 1.29.